The third-order valence-corrected chi connectivity index (χ3v) is 6.05. The quantitative estimate of drug-likeness (QED) is 0.765. The van der Waals surface area contributed by atoms with Gasteiger partial charge in [-0.25, -0.2) is 0 Å². The molecule has 2 aromatic rings. The van der Waals surface area contributed by atoms with Gasteiger partial charge in [-0.15, -0.1) is 0 Å². The topological polar surface area (TPSA) is 81.9 Å². The fourth-order valence-electron chi connectivity index (χ4n) is 4.42. The van der Waals surface area contributed by atoms with E-state index in [1.54, 1.807) is 13.0 Å². The first kappa shape index (κ1) is 21.5. The van der Waals surface area contributed by atoms with Crippen LogP contribution in [-0.4, -0.2) is 77.5 Å². The van der Waals surface area contributed by atoms with Crippen LogP contribution < -0.4 is 5.32 Å². The highest BCUT2D eigenvalue weighted by Gasteiger charge is 2.34. The second-order valence-electron chi connectivity index (χ2n) is 8.38. The fraction of sp³-hybridized carbons (Fsp3) is 0.522. The van der Waals surface area contributed by atoms with Gasteiger partial charge < -0.3 is 14.7 Å². The predicted octanol–water partition coefficient (Wildman–Crippen LogP) is 2.29. The number of carbonyl (C=O) groups is 2. The number of hydrogen-bond donors (Lipinski definition) is 1. The summed E-state index contributed by atoms with van der Waals surface area (Å²) in [7, 11) is 0. The van der Waals surface area contributed by atoms with E-state index in [1.165, 1.54) is 6.42 Å². The lowest BCUT2D eigenvalue weighted by atomic mass is 10.0. The largest absolute Gasteiger partial charge is 0.360 e. The van der Waals surface area contributed by atoms with Crippen LogP contribution >= 0.6 is 0 Å². The minimum atomic E-state index is -0.256. The van der Waals surface area contributed by atoms with E-state index in [2.05, 4.69) is 20.3 Å². The molecule has 1 aromatic carbocycles. The molecule has 2 aliphatic rings. The van der Waals surface area contributed by atoms with Crippen LogP contribution in [0.4, 0.5) is 5.82 Å². The molecule has 0 aliphatic carbocycles. The van der Waals surface area contributed by atoms with Crippen molar-refractivity contribution in [1.82, 2.24) is 19.9 Å². The van der Waals surface area contributed by atoms with Gasteiger partial charge in [-0.1, -0.05) is 35.5 Å². The molecule has 0 saturated carbocycles. The molecule has 2 saturated heterocycles. The Morgan fingerprint density at radius 1 is 1.03 bits per heavy atom. The zero-order valence-corrected chi connectivity index (χ0v) is 18.1. The van der Waals surface area contributed by atoms with Crippen LogP contribution in [0, 0.1) is 6.92 Å². The van der Waals surface area contributed by atoms with Gasteiger partial charge in [0.05, 0.1) is 6.54 Å². The van der Waals surface area contributed by atoms with Crippen molar-refractivity contribution in [2.45, 2.75) is 32.2 Å². The molecule has 31 heavy (non-hydrogen) atoms. The molecule has 0 bridgehead atoms. The highest BCUT2D eigenvalue weighted by atomic mass is 16.5. The van der Waals surface area contributed by atoms with Gasteiger partial charge in [-0.05, 0) is 31.7 Å². The van der Waals surface area contributed by atoms with Crippen LogP contribution in [0.25, 0.3) is 0 Å². The number of carbonyl (C=O) groups excluding carboxylic acids is 2. The second kappa shape index (κ2) is 10.1. The Morgan fingerprint density at radius 2 is 1.74 bits per heavy atom. The summed E-state index contributed by atoms with van der Waals surface area (Å²) in [5.74, 6) is 1.20. The number of amides is 2. The number of piperazine rings is 1. The molecule has 166 valence electrons. The lowest BCUT2D eigenvalue weighted by molar-refractivity contribution is -0.139. The lowest BCUT2D eigenvalue weighted by Gasteiger charge is -2.40. The van der Waals surface area contributed by atoms with E-state index < -0.39 is 0 Å². The first-order valence-corrected chi connectivity index (χ1v) is 11.1. The molecule has 1 N–H and O–H groups in total. The zero-order chi connectivity index (χ0) is 21.6. The average Bonchev–Trinajstić information content (AvgIpc) is 3.20. The van der Waals surface area contributed by atoms with Crippen molar-refractivity contribution in [1.29, 1.82) is 0 Å². The molecule has 2 fully saturated rings. The molecule has 3 heterocycles. The summed E-state index contributed by atoms with van der Waals surface area (Å²) in [4.78, 5) is 32.2. The molecule has 2 aliphatic heterocycles. The Morgan fingerprint density at radius 3 is 2.39 bits per heavy atom. The monoisotopic (exact) mass is 425 g/mol. The summed E-state index contributed by atoms with van der Waals surface area (Å²) in [6, 6.07) is 11.5. The Balaban J connectivity index is 1.37. The average molecular weight is 426 g/mol. The highest BCUT2D eigenvalue weighted by molar-refractivity contribution is 5.91. The molecular formula is C23H31N5O3. The maximum absolute atomic E-state index is 13.5. The van der Waals surface area contributed by atoms with Crippen molar-refractivity contribution in [3.63, 3.8) is 0 Å². The van der Waals surface area contributed by atoms with Crippen molar-refractivity contribution in [3.05, 3.63) is 47.7 Å². The summed E-state index contributed by atoms with van der Waals surface area (Å²) < 4.78 is 4.99. The van der Waals surface area contributed by atoms with Crippen LogP contribution in [0.3, 0.4) is 0 Å². The minimum absolute atomic E-state index is 0.106. The summed E-state index contributed by atoms with van der Waals surface area (Å²) in [5, 5.41) is 6.58. The van der Waals surface area contributed by atoms with E-state index >= 15 is 0 Å². The number of piperidine rings is 1. The summed E-state index contributed by atoms with van der Waals surface area (Å²) in [6.07, 6.45) is 3.37. The second-order valence-corrected chi connectivity index (χ2v) is 8.38. The van der Waals surface area contributed by atoms with Crippen molar-refractivity contribution < 1.29 is 14.1 Å². The maximum atomic E-state index is 13.5. The molecule has 0 spiro atoms. The van der Waals surface area contributed by atoms with Crippen LogP contribution in [0.1, 0.15) is 36.6 Å². The van der Waals surface area contributed by atoms with Gasteiger partial charge in [0.2, 0.25) is 11.8 Å². The van der Waals surface area contributed by atoms with E-state index in [0.29, 0.717) is 18.1 Å². The number of nitrogens with one attached hydrogen (secondary N) is 1. The third-order valence-electron chi connectivity index (χ3n) is 6.05. The first-order valence-electron chi connectivity index (χ1n) is 11.1. The lowest BCUT2D eigenvalue weighted by Crippen LogP contribution is -2.53. The van der Waals surface area contributed by atoms with Crippen molar-refractivity contribution in [2.24, 2.45) is 0 Å². The summed E-state index contributed by atoms with van der Waals surface area (Å²) in [5.41, 5.74) is 1.05. The number of hydrogen-bond acceptors (Lipinski definition) is 6. The third kappa shape index (κ3) is 5.51. The highest BCUT2D eigenvalue weighted by Crippen LogP contribution is 2.26. The molecule has 8 heteroatoms. The molecular weight excluding hydrogens is 394 g/mol. The van der Waals surface area contributed by atoms with Crippen molar-refractivity contribution in [3.8, 4) is 0 Å². The fourth-order valence-corrected chi connectivity index (χ4v) is 4.42. The SMILES string of the molecule is Cc1cc(NC(=O)CN2CCN(C(C(=O)N3CCCCC3)c3ccccc3)CC2)no1. The minimum Gasteiger partial charge on any atom is -0.360 e. The zero-order valence-electron chi connectivity index (χ0n) is 18.1. The van der Waals surface area contributed by atoms with Crippen LogP contribution in [0.5, 0.6) is 0 Å². The van der Waals surface area contributed by atoms with Crippen LogP contribution in [0.15, 0.2) is 40.9 Å². The summed E-state index contributed by atoms with van der Waals surface area (Å²) in [6.45, 7) is 6.76. The van der Waals surface area contributed by atoms with E-state index in [1.807, 2.05) is 35.2 Å². The molecule has 4 rings (SSSR count). The van der Waals surface area contributed by atoms with Gasteiger partial charge in [0.1, 0.15) is 11.8 Å². The molecule has 8 nitrogen and oxygen atoms in total. The van der Waals surface area contributed by atoms with Gasteiger partial charge in [0.15, 0.2) is 5.82 Å². The van der Waals surface area contributed by atoms with E-state index in [9.17, 15) is 9.59 Å². The number of aromatic nitrogens is 1. The Hall–Kier alpha value is -2.71. The van der Waals surface area contributed by atoms with Gasteiger partial charge in [-0.2, -0.15) is 0 Å². The standard InChI is InChI=1S/C23H31N5O3/c1-18-16-20(25-31-18)24-21(29)17-26-12-14-27(15-13-26)22(19-8-4-2-5-9-19)23(30)28-10-6-3-7-11-28/h2,4-5,8-9,16,22H,3,6-7,10-15,17H2,1H3,(H,24,25,29). The molecule has 1 aromatic heterocycles. The molecule has 1 unspecified atom stereocenters. The van der Waals surface area contributed by atoms with Crippen molar-refractivity contribution >= 4 is 17.6 Å². The smallest absolute Gasteiger partial charge is 0.244 e. The number of aryl methyl sites for hydroxylation is 1. The Kier molecular flexibility index (Phi) is 6.99. The van der Waals surface area contributed by atoms with E-state index in [0.717, 1.165) is 57.7 Å². The normalized spacial score (nSPS) is 19.2. The molecule has 0 radical (unpaired) electrons. The maximum Gasteiger partial charge on any atom is 0.244 e. The van der Waals surface area contributed by atoms with Crippen molar-refractivity contribution in [2.75, 3.05) is 51.1 Å². The van der Waals surface area contributed by atoms with E-state index in [-0.39, 0.29) is 17.9 Å². The summed E-state index contributed by atoms with van der Waals surface area (Å²) >= 11 is 0. The number of anilines is 1. The van der Waals surface area contributed by atoms with Crippen LogP contribution in [0.2, 0.25) is 0 Å². The number of benzene rings is 1. The number of nitrogens with zero attached hydrogens (tertiary/aromatic N) is 4. The van der Waals surface area contributed by atoms with Gasteiger partial charge in [0.25, 0.3) is 0 Å². The Bertz CT molecular complexity index is 870. The van der Waals surface area contributed by atoms with Crippen LogP contribution in [-0.2, 0) is 9.59 Å². The van der Waals surface area contributed by atoms with E-state index in [4.69, 9.17) is 4.52 Å². The van der Waals surface area contributed by atoms with Gasteiger partial charge in [0, 0.05) is 45.3 Å². The predicted molar refractivity (Wildman–Crippen MR) is 117 cm³/mol. The molecule has 2 amide bonds. The van der Waals surface area contributed by atoms with Gasteiger partial charge >= 0.3 is 0 Å². The molecule has 1 atom stereocenters. The number of likely N-dealkylation sites (tertiary alicyclic amines) is 1. The van der Waals surface area contributed by atoms with Gasteiger partial charge in [-0.3, -0.25) is 19.4 Å². The number of rotatable bonds is 6. The first-order chi connectivity index (χ1) is 15.1. The Labute approximate surface area is 183 Å².